The minimum absolute atomic E-state index is 0.188. The van der Waals surface area contributed by atoms with Crippen LogP contribution >= 0.6 is 11.6 Å². The van der Waals surface area contributed by atoms with Crippen molar-refractivity contribution in [2.75, 3.05) is 20.2 Å². The maximum absolute atomic E-state index is 11.1. The van der Waals surface area contributed by atoms with Crippen LogP contribution in [0.4, 0.5) is 4.79 Å². The van der Waals surface area contributed by atoms with Gasteiger partial charge in [0.15, 0.2) is 11.5 Å². The Bertz CT molecular complexity index is 760. The highest BCUT2D eigenvalue weighted by Gasteiger charge is 2.26. The standard InChI is InChI=1S/C18H19ClN2O4/c1-24-15-6-2-5-14(19)16(15)25-17-13(4-3-9-20-17)12-7-10-21(11-8-12)18(22)23/h2-6,9,12H,7-8,10-11H2,1H3,(H,22,23). The molecule has 6 nitrogen and oxygen atoms in total. The van der Waals surface area contributed by atoms with E-state index in [1.54, 1.807) is 31.5 Å². The maximum atomic E-state index is 11.1. The average Bonchev–Trinajstić information content (AvgIpc) is 2.64. The fourth-order valence-electron chi connectivity index (χ4n) is 3.03. The number of rotatable bonds is 4. The van der Waals surface area contributed by atoms with Crippen LogP contribution in [0.15, 0.2) is 36.5 Å². The Balaban J connectivity index is 1.84. The molecule has 1 saturated heterocycles. The molecule has 7 heteroatoms. The number of hydrogen-bond donors (Lipinski definition) is 1. The van der Waals surface area contributed by atoms with E-state index in [9.17, 15) is 4.79 Å². The molecule has 0 bridgehead atoms. The Kier molecular flexibility index (Phi) is 5.28. The molecule has 0 atom stereocenters. The Hall–Kier alpha value is -2.47. The summed E-state index contributed by atoms with van der Waals surface area (Å²) in [4.78, 5) is 16.9. The van der Waals surface area contributed by atoms with Crippen molar-refractivity contribution in [3.8, 4) is 17.4 Å². The average molecular weight is 363 g/mol. The molecule has 2 aromatic rings. The normalized spacial score (nSPS) is 15.0. The number of carbonyl (C=O) groups is 1. The predicted octanol–water partition coefficient (Wildman–Crippen LogP) is 4.39. The number of benzene rings is 1. The van der Waals surface area contributed by atoms with Crippen molar-refractivity contribution in [1.82, 2.24) is 9.88 Å². The summed E-state index contributed by atoms with van der Waals surface area (Å²) in [5.74, 6) is 1.62. The van der Waals surface area contributed by atoms with E-state index >= 15 is 0 Å². The highest BCUT2D eigenvalue weighted by atomic mass is 35.5. The summed E-state index contributed by atoms with van der Waals surface area (Å²) in [6.45, 7) is 1.01. The zero-order valence-corrected chi connectivity index (χ0v) is 14.6. The number of pyridine rings is 1. The molecule has 1 aliphatic heterocycles. The molecule has 2 heterocycles. The van der Waals surface area contributed by atoms with Crippen molar-refractivity contribution in [3.63, 3.8) is 0 Å². The molecule has 1 aliphatic rings. The van der Waals surface area contributed by atoms with E-state index in [1.165, 1.54) is 4.90 Å². The van der Waals surface area contributed by atoms with Gasteiger partial charge < -0.3 is 19.5 Å². The lowest BCUT2D eigenvalue weighted by atomic mass is 9.90. The molecule has 0 radical (unpaired) electrons. The molecule has 0 saturated carbocycles. The number of likely N-dealkylation sites (tertiary alicyclic amines) is 1. The van der Waals surface area contributed by atoms with Crippen molar-refractivity contribution in [3.05, 3.63) is 47.1 Å². The zero-order chi connectivity index (χ0) is 17.8. The molecule has 1 aromatic carbocycles. The van der Waals surface area contributed by atoms with E-state index in [0.717, 1.165) is 18.4 Å². The Morgan fingerprint density at radius 3 is 2.72 bits per heavy atom. The molecular formula is C18H19ClN2O4. The summed E-state index contributed by atoms with van der Waals surface area (Å²) in [6.07, 6.45) is 2.25. The summed E-state index contributed by atoms with van der Waals surface area (Å²) in [7, 11) is 1.56. The minimum Gasteiger partial charge on any atom is -0.493 e. The minimum atomic E-state index is -0.873. The number of methoxy groups -OCH3 is 1. The molecule has 1 N–H and O–H groups in total. The van der Waals surface area contributed by atoms with Crippen molar-refractivity contribution >= 4 is 17.7 Å². The van der Waals surface area contributed by atoms with Gasteiger partial charge in [-0.05, 0) is 37.0 Å². The molecule has 0 spiro atoms. The van der Waals surface area contributed by atoms with Gasteiger partial charge in [-0.1, -0.05) is 23.7 Å². The fourth-order valence-corrected chi connectivity index (χ4v) is 3.23. The van der Waals surface area contributed by atoms with E-state index in [-0.39, 0.29) is 5.92 Å². The number of para-hydroxylation sites is 1. The Labute approximate surface area is 151 Å². The smallest absolute Gasteiger partial charge is 0.407 e. The number of nitrogens with zero attached hydrogens (tertiary/aromatic N) is 2. The monoisotopic (exact) mass is 362 g/mol. The highest BCUT2D eigenvalue weighted by molar-refractivity contribution is 6.32. The fraction of sp³-hybridized carbons (Fsp3) is 0.333. The number of amides is 1. The first-order valence-electron chi connectivity index (χ1n) is 8.03. The van der Waals surface area contributed by atoms with Crippen LogP contribution < -0.4 is 9.47 Å². The first kappa shape index (κ1) is 17.4. The van der Waals surface area contributed by atoms with Crippen LogP contribution in [0.3, 0.4) is 0 Å². The van der Waals surface area contributed by atoms with E-state index < -0.39 is 6.09 Å². The van der Waals surface area contributed by atoms with Crippen LogP contribution in [0, 0.1) is 0 Å². The zero-order valence-electron chi connectivity index (χ0n) is 13.8. The van der Waals surface area contributed by atoms with E-state index in [4.69, 9.17) is 26.2 Å². The van der Waals surface area contributed by atoms with Crippen LogP contribution in [0.5, 0.6) is 17.4 Å². The van der Waals surface area contributed by atoms with Crippen molar-refractivity contribution in [2.24, 2.45) is 0 Å². The highest BCUT2D eigenvalue weighted by Crippen LogP contribution is 2.40. The second kappa shape index (κ2) is 7.61. The molecule has 1 amide bonds. The SMILES string of the molecule is COc1cccc(Cl)c1Oc1ncccc1C1CCN(C(=O)O)CC1. The summed E-state index contributed by atoms with van der Waals surface area (Å²) in [5, 5.41) is 9.53. The second-order valence-electron chi connectivity index (χ2n) is 5.81. The molecule has 1 aromatic heterocycles. The molecule has 3 rings (SSSR count). The number of aromatic nitrogens is 1. The van der Waals surface area contributed by atoms with Crippen LogP contribution in [0.25, 0.3) is 0 Å². The largest absolute Gasteiger partial charge is 0.493 e. The third kappa shape index (κ3) is 3.79. The molecule has 132 valence electrons. The van der Waals surface area contributed by atoms with Gasteiger partial charge in [0.1, 0.15) is 0 Å². The molecule has 0 aliphatic carbocycles. The molecule has 1 fully saturated rings. The van der Waals surface area contributed by atoms with Crippen molar-refractivity contribution in [1.29, 1.82) is 0 Å². The number of ether oxygens (including phenoxy) is 2. The number of hydrogen-bond acceptors (Lipinski definition) is 4. The Morgan fingerprint density at radius 1 is 1.28 bits per heavy atom. The quantitative estimate of drug-likeness (QED) is 0.873. The summed E-state index contributed by atoms with van der Waals surface area (Å²) in [6, 6.07) is 9.11. The van der Waals surface area contributed by atoms with Gasteiger partial charge in [0.25, 0.3) is 0 Å². The van der Waals surface area contributed by atoms with Crippen LogP contribution in [-0.4, -0.2) is 41.3 Å². The third-order valence-electron chi connectivity index (χ3n) is 4.36. The predicted molar refractivity (Wildman–Crippen MR) is 93.9 cm³/mol. The first-order valence-corrected chi connectivity index (χ1v) is 8.41. The molecule has 25 heavy (non-hydrogen) atoms. The summed E-state index contributed by atoms with van der Waals surface area (Å²) in [5.41, 5.74) is 0.953. The topological polar surface area (TPSA) is 71.9 Å². The van der Waals surface area contributed by atoms with Gasteiger partial charge in [0, 0.05) is 24.8 Å². The first-order chi connectivity index (χ1) is 12.1. The lowest BCUT2D eigenvalue weighted by Gasteiger charge is -2.30. The molecule has 0 unspecified atom stereocenters. The Morgan fingerprint density at radius 2 is 2.04 bits per heavy atom. The van der Waals surface area contributed by atoms with Crippen molar-refractivity contribution in [2.45, 2.75) is 18.8 Å². The van der Waals surface area contributed by atoms with Gasteiger partial charge in [0.05, 0.1) is 12.1 Å². The third-order valence-corrected chi connectivity index (χ3v) is 4.65. The van der Waals surface area contributed by atoms with Crippen LogP contribution in [0.2, 0.25) is 5.02 Å². The summed E-state index contributed by atoms with van der Waals surface area (Å²) < 4.78 is 11.3. The van der Waals surface area contributed by atoms with Gasteiger partial charge in [-0.15, -0.1) is 0 Å². The van der Waals surface area contributed by atoms with Crippen LogP contribution in [0.1, 0.15) is 24.3 Å². The number of carboxylic acid groups (broad SMARTS) is 1. The van der Waals surface area contributed by atoms with Crippen LogP contribution in [-0.2, 0) is 0 Å². The van der Waals surface area contributed by atoms with E-state index in [1.807, 2.05) is 12.1 Å². The maximum Gasteiger partial charge on any atom is 0.407 e. The number of halogens is 1. The number of piperidine rings is 1. The van der Waals surface area contributed by atoms with Crippen molar-refractivity contribution < 1.29 is 19.4 Å². The van der Waals surface area contributed by atoms with Gasteiger partial charge >= 0.3 is 6.09 Å². The molecular weight excluding hydrogens is 344 g/mol. The lowest BCUT2D eigenvalue weighted by Crippen LogP contribution is -2.36. The summed E-state index contributed by atoms with van der Waals surface area (Å²) >= 11 is 6.25. The van der Waals surface area contributed by atoms with Gasteiger partial charge in [-0.25, -0.2) is 9.78 Å². The lowest BCUT2D eigenvalue weighted by molar-refractivity contribution is 0.132. The van der Waals surface area contributed by atoms with Gasteiger partial charge in [0.2, 0.25) is 5.88 Å². The van der Waals surface area contributed by atoms with Gasteiger partial charge in [-0.2, -0.15) is 0 Å². The van der Waals surface area contributed by atoms with E-state index in [0.29, 0.717) is 35.5 Å². The van der Waals surface area contributed by atoms with E-state index in [2.05, 4.69) is 4.98 Å². The van der Waals surface area contributed by atoms with Gasteiger partial charge in [-0.3, -0.25) is 0 Å². The second-order valence-corrected chi connectivity index (χ2v) is 6.22.